The van der Waals surface area contributed by atoms with E-state index in [1.807, 2.05) is 51.1 Å². The van der Waals surface area contributed by atoms with Crippen molar-refractivity contribution in [1.82, 2.24) is 9.88 Å². The van der Waals surface area contributed by atoms with Gasteiger partial charge in [-0.25, -0.2) is 0 Å². The molecular weight excluding hydrogens is 252 g/mol. The van der Waals surface area contributed by atoms with E-state index in [2.05, 4.69) is 5.32 Å². The molecule has 2 aromatic rings. The second kappa shape index (κ2) is 5.90. The Hall–Kier alpha value is -2.10. The van der Waals surface area contributed by atoms with E-state index in [4.69, 9.17) is 0 Å². The normalized spacial score (nSPS) is 11.0. The van der Waals surface area contributed by atoms with Crippen molar-refractivity contribution in [3.05, 3.63) is 46.2 Å². The number of fused-ring (bicyclic) bond motifs is 1. The first-order valence-corrected chi connectivity index (χ1v) is 6.87. The number of aryl methyl sites for hydroxylation is 1. The van der Waals surface area contributed by atoms with Crippen LogP contribution in [0.5, 0.6) is 0 Å². The SMILES string of the molecule is Cc1cc2ccccc2n(CCNC(=O)C(C)C)c1=O. The van der Waals surface area contributed by atoms with Crippen LogP contribution >= 0.6 is 0 Å². The number of benzene rings is 1. The van der Waals surface area contributed by atoms with E-state index in [1.165, 1.54) is 0 Å². The van der Waals surface area contributed by atoms with Crippen LogP contribution in [0.4, 0.5) is 0 Å². The number of hydrogen-bond acceptors (Lipinski definition) is 2. The number of amides is 1. The Bertz CT molecular complexity index is 686. The smallest absolute Gasteiger partial charge is 0.254 e. The maximum absolute atomic E-state index is 12.2. The molecule has 4 nitrogen and oxygen atoms in total. The number of aromatic nitrogens is 1. The molecule has 1 aromatic heterocycles. The Morgan fingerprint density at radius 1 is 1.30 bits per heavy atom. The topological polar surface area (TPSA) is 51.1 Å². The van der Waals surface area contributed by atoms with Crippen molar-refractivity contribution < 1.29 is 4.79 Å². The fourth-order valence-electron chi connectivity index (χ4n) is 2.19. The van der Waals surface area contributed by atoms with Gasteiger partial charge in [-0.1, -0.05) is 32.0 Å². The molecule has 0 saturated heterocycles. The van der Waals surface area contributed by atoms with E-state index in [-0.39, 0.29) is 17.4 Å². The average molecular weight is 272 g/mol. The van der Waals surface area contributed by atoms with Crippen LogP contribution in [0.3, 0.4) is 0 Å². The lowest BCUT2D eigenvalue weighted by molar-refractivity contribution is -0.124. The van der Waals surface area contributed by atoms with E-state index >= 15 is 0 Å². The average Bonchev–Trinajstić information content (AvgIpc) is 2.42. The number of nitrogens with one attached hydrogen (secondary N) is 1. The monoisotopic (exact) mass is 272 g/mol. The number of para-hydroxylation sites is 1. The van der Waals surface area contributed by atoms with Crippen LogP contribution in [0.2, 0.25) is 0 Å². The Labute approximate surface area is 118 Å². The highest BCUT2D eigenvalue weighted by molar-refractivity contribution is 5.79. The van der Waals surface area contributed by atoms with Crippen molar-refractivity contribution in [2.24, 2.45) is 5.92 Å². The third kappa shape index (κ3) is 2.90. The zero-order valence-electron chi connectivity index (χ0n) is 12.1. The summed E-state index contributed by atoms with van der Waals surface area (Å²) in [6.45, 7) is 6.47. The summed E-state index contributed by atoms with van der Waals surface area (Å²) in [4.78, 5) is 23.8. The number of nitrogens with zero attached hydrogens (tertiary/aromatic N) is 1. The largest absolute Gasteiger partial charge is 0.354 e. The molecule has 0 aliphatic carbocycles. The molecule has 4 heteroatoms. The number of carbonyl (C=O) groups is 1. The summed E-state index contributed by atoms with van der Waals surface area (Å²) >= 11 is 0. The molecule has 20 heavy (non-hydrogen) atoms. The van der Waals surface area contributed by atoms with Gasteiger partial charge < -0.3 is 9.88 Å². The summed E-state index contributed by atoms with van der Waals surface area (Å²) in [7, 11) is 0. The van der Waals surface area contributed by atoms with Crippen molar-refractivity contribution >= 4 is 16.8 Å². The molecule has 0 saturated carbocycles. The van der Waals surface area contributed by atoms with Gasteiger partial charge in [-0.3, -0.25) is 9.59 Å². The molecule has 0 radical (unpaired) electrons. The fourth-order valence-corrected chi connectivity index (χ4v) is 2.19. The van der Waals surface area contributed by atoms with Gasteiger partial charge in [0.15, 0.2) is 0 Å². The van der Waals surface area contributed by atoms with Gasteiger partial charge in [-0.15, -0.1) is 0 Å². The summed E-state index contributed by atoms with van der Waals surface area (Å²) in [6.07, 6.45) is 0. The summed E-state index contributed by atoms with van der Waals surface area (Å²) in [6, 6.07) is 9.70. The predicted molar refractivity (Wildman–Crippen MR) is 80.8 cm³/mol. The minimum atomic E-state index is -0.0408. The van der Waals surface area contributed by atoms with Crippen LogP contribution in [0, 0.1) is 12.8 Å². The lowest BCUT2D eigenvalue weighted by atomic mass is 10.1. The van der Waals surface area contributed by atoms with E-state index in [1.54, 1.807) is 4.57 Å². The maximum atomic E-state index is 12.2. The van der Waals surface area contributed by atoms with Gasteiger partial charge >= 0.3 is 0 Å². The first-order chi connectivity index (χ1) is 9.50. The van der Waals surface area contributed by atoms with Gasteiger partial charge in [-0.05, 0) is 24.4 Å². The Morgan fingerprint density at radius 2 is 2.00 bits per heavy atom. The second-order valence-corrected chi connectivity index (χ2v) is 5.29. The third-order valence-corrected chi connectivity index (χ3v) is 3.34. The molecule has 0 atom stereocenters. The second-order valence-electron chi connectivity index (χ2n) is 5.29. The van der Waals surface area contributed by atoms with Gasteiger partial charge in [0.05, 0.1) is 5.52 Å². The van der Waals surface area contributed by atoms with Crippen LogP contribution in [-0.4, -0.2) is 17.0 Å². The fraction of sp³-hybridized carbons (Fsp3) is 0.375. The Kier molecular flexibility index (Phi) is 4.23. The molecular formula is C16H20N2O2. The lowest BCUT2D eigenvalue weighted by Gasteiger charge is -2.13. The van der Waals surface area contributed by atoms with Crippen LogP contribution < -0.4 is 10.9 Å². The highest BCUT2D eigenvalue weighted by Gasteiger charge is 2.08. The van der Waals surface area contributed by atoms with Crippen LogP contribution in [0.1, 0.15) is 19.4 Å². The molecule has 0 aliphatic heterocycles. The predicted octanol–water partition coefficient (Wildman–Crippen LogP) is 2.08. The van der Waals surface area contributed by atoms with Crippen molar-refractivity contribution in [2.45, 2.75) is 27.3 Å². The van der Waals surface area contributed by atoms with E-state index in [9.17, 15) is 9.59 Å². The molecule has 0 aliphatic rings. The molecule has 0 unspecified atom stereocenters. The van der Waals surface area contributed by atoms with Crippen LogP contribution in [-0.2, 0) is 11.3 Å². The molecule has 106 valence electrons. The molecule has 0 bridgehead atoms. The minimum absolute atomic E-state index is 0.00231. The maximum Gasteiger partial charge on any atom is 0.254 e. The Balaban J connectivity index is 2.27. The summed E-state index contributed by atoms with van der Waals surface area (Å²) in [5.41, 5.74) is 1.63. The van der Waals surface area contributed by atoms with E-state index < -0.39 is 0 Å². The Morgan fingerprint density at radius 3 is 2.70 bits per heavy atom. The van der Waals surface area contributed by atoms with Gasteiger partial charge in [0.2, 0.25) is 5.91 Å². The highest BCUT2D eigenvalue weighted by atomic mass is 16.2. The third-order valence-electron chi connectivity index (χ3n) is 3.34. The summed E-state index contributed by atoms with van der Waals surface area (Å²) in [5.74, 6) is -0.0315. The molecule has 1 amide bonds. The minimum Gasteiger partial charge on any atom is -0.354 e. The van der Waals surface area contributed by atoms with E-state index in [0.717, 1.165) is 16.5 Å². The zero-order valence-corrected chi connectivity index (χ0v) is 12.1. The van der Waals surface area contributed by atoms with E-state index in [0.29, 0.717) is 13.1 Å². The number of carbonyl (C=O) groups excluding carboxylic acids is 1. The van der Waals surface area contributed by atoms with Gasteiger partial charge in [0.25, 0.3) is 5.56 Å². The van der Waals surface area contributed by atoms with Gasteiger partial charge in [0.1, 0.15) is 0 Å². The summed E-state index contributed by atoms with van der Waals surface area (Å²) in [5, 5.41) is 3.88. The van der Waals surface area contributed by atoms with Crippen molar-refractivity contribution in [2.75, 3.05) is 6.54 Å². The molecule has 0 fully saturated rings. The number of rotatable bonds is 4. The van der Waals surface area contributed by atoms with Crippen molar-refractivity contribution in [3.63, 3.8) is 0 Å². The van der Waals surface area contributed by atoms with Crippen molar-refractivity contribution in [3.8, 4) is 0 Å². The molecule has 1 heterocycles. The van der Waals surface area contributed by atoms with Crippen LogP contribution in [0.25, 0.3) is 10.9 Å². The summed E-state index contributed by atoms with van der Waals surface area (Å²) < 4.78 is 1.73. The highest BCUT2D eigenvalue weighted by Crippen LogP contribution is 2.12. The number of pyridine rings is 1. The van der Waals surface area contributed by atoms with Gasteiger partial charge in [-0.2, -0.15) is 0 Å². The van der Waals surface area contributed by atoms with Crippen LogP contribution in [0.15, 0.2) is 35.1 Å². The standard InChI is InChI=1S/C16H20N2O2/c1-11(2)15(19)17-8-9-18-14-7-5-4-6-13(14)10-12(3)16(18)20/h4-7,10-11H,8-9H2,1-3H3,(H,17,19). The first kappa shape index (κ1) is 14.3. The number of hydrogen-bond donors (Lipinski definition) is 1. The van der Waals surface area contributed by atoms with Gasteiger partial charge in [0, 0.05) is 24.6 Å². The zero-order chi connectivity index (χ0) is 14.7. The first-order valence-electron chi connectivity index (χ1n) is 6.87. The molecule has 1 aromatic carbocycles. The quantitative estimate of drug-likeness (QED) is 0.926. The van der Waals surface area contributed by atoms with Crippen molar-refractivity contribution in [1.29, 1.82) is 0 Å². The molecule has 0 spiro atoms. The molecule has 1 N–H and O–H groups in total. The molecule has 2 rings (SSSR count). The lowest BCUT2D eigenvalue weighted by Crippen LogP contribution is -2.33.